The number of nitrogens with zero attached hydrogens (tertiary/aromatic N) is 1. The largest absolute Gasteiger partial charge is 0.461 e. The monoisotopic (exact) mass is 489 g/mol. The van der Waals surface area contributed by atoms with Crippen molar-refractivity contribution in [2.45, 2.75) is 82.2 Å². The van der Waals surface area contributed by atoms with E-state index in [2.05, 4.69) is 29.6 Å². The van der Waals surface area contributed by atoms with Crippen LogP contribution in [0, 0.1) is 5.92 Å². The van der Waals surface area contributed by atoms with Gasteiger partial charge in [0.25, 0.3) is 5.91 Å². The normalized spacial score (nSPS) is 23.7. The summed E-state index contributed by atoms with van der Waals surface area (Å²) in [6.07, 6.45) is 8.93. The Morgan fingerprint density at radius 1 is 1.00 bits per heavy atom. The molecular weight excluding hydrogens is 449 g/mol. The van der Waals surface area contributed by atoms with Gasteiger partial charge in [-0.15, -0.1) is 0 Å². The van der Waals surface area contributed by atoms with Crippen LogP contribution in [-0.2, 0) is 13.1 Å². The molecule has 192 valence electrons. The highest BCUT2D eigenvalue weighted by atomic mass is 16.4. The predicted octanol–water partition coefficient (Wildman–Crippen LogP) is 3.70. The van der Waals surface area contributed by atoms with Gasteiger partial charge in [-0.25, -0.2) is 0 Å². The molecule has 2 aliphatic heterocycles. The second-order valence-electron chi connectivity index (χ2n) is 11.0. The van der Waals surface area contributed by atoms with Crippen molar-refractivity contribution in [3.05, 3.63) is 70.3 Å². The Labute approximate surface area is 215 Å². The first-order valence-corrected chi connectivity index (χ1v) is 13.9. The summed E-state index contributed by atoms with van der Waals surface area (Å²) in [7, 11) is -1.50. The summed E-state index contributed by atoms with van der Waals surface area (Å²) in [5.41, 5.74) is 10.8. The second kappa shape index (κ2) is 11.5. The Hall–Kier alpha value is -2.19. The molecule has 1 aliphatic carbocycles. The number of hydrogen-bond acceptors (Lipinski definition) is 5. The zero-order valence-electron chi connectivity index (χ0n) is 21.2. The van der Waals surface area contributed by atoms with Crippen molar-refractivity contribution in [2.75, 3.05) is 13.1 Å². The molecule has 2 aromatic carbocycles. The first-order chi connectivity index (χ1) is 17.6. The molecule has 0 spiro atoms. The smallest absolute Gasteiger partial charge is 0.427 e. The summed E-state index contributed by atoms with van der Waals surface area (Å²) in [6, 6.07) is 14.3. The first-order valence-electron chi connectivity index (χ1n) is 13.9. The third kappa shape index (κ3) is 5.26. The van der Waals surface area contributed by atoms with Gasteiger partial charge in [0.2, 0.25) is 0 Å². The summed E-state index contributed by atoms with van der Waals surface area (Å²) in [6.45, 7) is 2.62. The molecule has 5 rings (SSSR count). The van der Waals surface area contributed by atoms with Gasteiger partial charge in [0.1, 0.15) is 0 Å². The van der Waals surface area contributed by atoms with Crippen LogP contribution >= 0.6 is 0 Å². The molecule has 5 N–H and O–H groups in total. The van der Waals surface area contributed by atoms with E-state index in [4.69, 9.17) is 5.73 Å². The van der Waals surface area contributed by atoms with Crippen LogP contribution in [0.5, 0.6) is 0 Å². The van der Waals surface area contributed by atoms with Crippen molar-refractivity contribution in [3.8, 4) is 0 Å². The number of fused-ring (bicyclic) bond motifs is 1. The lowest BCUT2D eigenvalue weighted by Crippen LogP contribution is -2.51. The number of piperidine rings is 1. The Bertz CT molecular complexity index is 1050. The van der Waals surface area contributed by atoms with Crippen molar-refractivity contribution < 1.29 is 14.8 Å². The van der Waals surface area contributed by atoms with E-state index in [1.165, 1.54) is 31.2 Å². The highest BCUT2D eigenvalue weighted by Crippen LogP contribution is 2.40. The predicted molar refractivity (Wildman–Crippen MR) is 143 cm³/mol. The van der Waals surface area contributed by atoms with Gasteiger partial charge in [-0.3, -0.25) is 4.79 Å². The van der Waals surface area contributed by atoms with Gasteiger partial charge in [0.15, 0.2) is 0 Å². The molecule has 6 nitrogen and oxygen atoms in total. The molecule has 1 saturated carbocycles. The lowest BCUT2D eigenvalue weighted by Gasteiger charge is -2.40. The molecule has 1 amide bonds. The fourth-order valence-electron chi connectivity index (χ4n) is 6.91. The zero-order chi connectivity index (χ0) is 25.1. The average molecular weight is 489 g/mol. The molecule has 2 atom stereocenters. The Kier molecular flexibility index (Phi) is 8.11. The van der Waals surface area contributed by atoms with E-state index < -0.39 is 12.9 Å². The van der Waals surface area contributed by atoms with Crippen LogP contribution in [0.25, 0.3) is 0 Å². The van der Waals surface area contributed by atoms with Crippen LogP contribution in [0.2, 0.25) is 0 Å². The van der Waals surface area contributed by atoms with E-state index in [0.717, 1.165) is 42.4 Å². The van der Waals surface area contributed by atoms with Gasteiger partial charge in [0, 0.05) is 43.6 Å². The maximum atomic E-state index is 13.8. The van der Waals surface area contributed by atoms with Gasteiger partial charge >= 0.3 is 7.12 Å². The van der Waals surface area contributed by atoms with E-state index in [9.17, 15) is 14.8 Å². The number of amides is 1. The van der Waals surface area contributed by atoms with Crippen LogP contribution in [-0.4, -0.2) is 47.1 Å². The third-order valence-electron chi connectivity index (χ3n) is 8.84. The number of likely N-dealkylation sites (tertiary alicyclic amines) is 1. The number of rotatable bonds is 5. The molecule has 0 bridgehead atoms. The van der Waals surface area contributed by atoms with E-state index in [1.807, 2.05) is 23.1 Å². The molecule has 1 saturated heterocycles. The number of nitrogens with one attached hydrogen (secondary N) is 1. The molecular formula is C29H40BN3O3. The van der Waals surface area contributed by atoms with Gasteiger partial charge in [-0.1, -0.05) is 62.1 Å². The number of hydrogen-bond donors (Lipinski definition) is 4. The van der Waals surface area contributed by atoms with E-state index in [-0.39, 0.29) is 11.9 Å². The highest BCUT2D eigenvalue weighted by Gasteiger charge is 2.43. The Balaban J connectivity index is 1.36. The SMILES string of the molecule is NCc1cccc(C2CCN(C(=O)c3cccc4c3C(B(O)O)C(C3CCCCCC3)NC4)CC2)c1. The summed E-state index contributed by atoms with van der Waals surface area (Å²) < 4.78 is 0. The summed E-state index contributed by atoms with van der Waals surface area (Å²) in [5.74, 6) is 0.360. The fraction of sp³-hybridized carbons (Fsp3) is 0.552. The maximum Gasteiger partial charge on any atom is 0.461 e. The fourth-order valence-corrected chi connectivity index (χ4v) is 6.91. The molecule has 2 unspecified atom stereocenters. The van der Waals surface area contributed by atoms with Crippen molar-refractivity contribution in [1.82, 2.24) is 10.2 Å². The maximum absolute atomic E-state index is 13.8. The van der Waals surface area contributed by atoms with Crippen molar-refractivity contribution in [3.63, 3.8) is 0 Å². The zero-order valence-corrected chi connectivity index (χ0v) is 21.2. The molecule has 0 radical (unpaired) electrons. The van der Waals surface area contributed by atoms with E-state index >= 15 is 0 Å². The lowest BCUT2D eigenvalue weighted by molar-refractivity contribution is 0.0710. The van der Waals surface area contributed by atoms with Gasteiger partial charge in [0.05, 0.1) is 0 Å². The molecule has 2 heterocycles. The van der Waals surface area contributed by atoms with Crippen molar-refractivity contribution in [2.24, 2.45) is 11.7 Å². The summed E-state index contributed by atoms with van der Waals surface area (Å²) >= 11 is 0. The summed E-state index contributed by atoms with van der Waals surface area (Å²) in [4.78, 5) is 15.8. The quantitative estimate of drug-likeness (QED) is 0.379. The number of carbonyl (C=O) groups excluding carboxylic acids is 1. The highest BCUT2D eigenvalue weighted by molar-refractivity contribution is 6.44. The van der Waals surface area contributed by atoms with Crippen molar-refractivity contribution in [1.29, 1.82) is 0 Å². The number of nitrogens with two attached hydrogens (primary N) is 1. The molecule has 7 heteroatoms. The molecule has 3 aliphatic rings. The molecule has 0 aromatic heterocycles. The van der Waals surface area contributed by atoms with E-state index in [1.54, 1.807) is 0 Å². The van der Waals surface area contributed by atoms with Crippen LogP contribution in [0.3, 0.4) is 0 Å². The van der Waals surface area contributed by atoms with E-state index in [0.29, 0.717) is 43.6 Å². The third-order valence-corrected chi connectivity index (χ3v) is 8.84. The topological polar surface area (TPSA) is 98.8 Å². The van der Waals surface area contributed by atoms with Gasteiger partial charge in [-0.2, -0.15) is 0 Å². The molecule has 2 aromatic rings. The summed E-state index contributed by atoms with van der Waals surface area (Å²) in [5, 5.41) is 24.8. The van der Waals surface area contributed by atoms with Crippen LogP contribution < -0.4 is 11.1 Å². The molecule has 2 fully saturated rings. The van der Waals surface area contributed by atoms with Gasteiger partial charge in [-0.05, 0) is 65.8 Å². The van der Waals surface area contributed by atoms with Crippen molar-refractivity contribution >= 4 is 13.0 Å². The Morgan fingerprint density at radius 2 is 1.72 bits per heavy atom. The second-order valence-corrected chi connectivity index (χ2v) is 11.0. The molecule has 36 heavy (non-hydrogen) atoms. The minimum absolute atomic E-state index is 0.0215. The van der Waals surface area contributed by atoms with Gasteiger partial charge < -0.3 is 26.0 Å². The average Bonchev–Trinajstić information content (AvgIpc) is 3.21. The number of benzene rings is 2. The lowest BCUT2D eigenvalue weighted by atomic mass is 9.58. The van der Waals surface area contributed by atoms with Crippen LogP contribution in [0.4, 0.5) is 0 Å². The number of carbonyl (C=O) groups is 1. The minimum atomic E-state index is -1.50. The Morgan fingerprint density at radius 3 is 2.42 bits per heavy atom. The standard InChI is InChI=1S/C29H40BN3O3/c31-18-20-7-5-10-23(17-20)21-13-15-33(16-14-21)29(34)25-12-6-11-24-19-32-28(27(26(24)25)30(35)36)22-8-3-1-2-4-9-22/h5-7,10-12,17,21-22,27-28,32,35-36H,1-4,8-9,13-16,18-19,31H2. The minimum Gasteiger partial charge on any atom is -0.427 e. The van der Waals surface area contributed by atoms with Crippen LogP contribution in [0.15, 0.2) is 42.5 Å². The first kappa shape index (κ1) is 25.5. The van der Waals surface area contributed by atoms with Crippen LogP contribution in [0.1, 0.15) is 95.7 Å².